The summed E-state index contributed by atoms with van der Waals surface area (Å²) in [6, 6.07) is 6.39. The Labute approximate surface area is 124 Å². The summed E-state index contributed by atoms with van der Waals surface area (Å²) in [4.78, 5) is 4.22. The number of hydrogen-bond acceptors (Lipinski definition) is 4. The van der Waals surface area contributed by atoms with Crippen LogP contribution in [0, 0.1) is 0 Å². The van der Waals surface area contributed by atoms with Gasteiger partial charge < -0.3 is 19.4 Å². The molecule has 0 fully saturated rings. The molecule has 0 spiro atoms. The highest BCUT2D eigenvalue weighted by molar-refractivity contribution is 5.55. The molecule has 0 atom stereocenters. The van der Waals surface area contributed by atoms with Crippen molar-refractivity contribution >= 4 is 5.69 Å². The zero-order valence-corrected chi connectivity index (χ0v) is 12.5. The third kappa shape index (κ3) is 3.12. The molecular formula is C16H21N3O2. The average molecular weight is 287 g/mol. The predicted octanol–water partition coefficient (Wildman–Crippen LogP) is 3.24. The Morgan fingerprint density at radius 1 is 1.24 bits per heavy atom. The van der Waals surface area contributed by atoms with Gasteiger partial charge in [-0.2, -0.15) is 0 Å². The van der Waals surface area contributed by atoms with Gasteiger partial charge in [0.05, 0.1) is 31.8 Å². The lowest BCUT2D eigenvalue weighted by atomic mass is 10.2. The molecular weight excluding hydrogens is 266 g/mol. The zero-order chi connectivity index (χ0) is 14.7. The van der Waals surface area contributed by atoms with E-state index in [2.05, 4.69) is 28.7 Å². The Hall–Kier alpha value is -2.17. The second-order valence-electron chi connectivity index (χ2n) is 5.45. The van der Waals surface area contributed by atoms with Crippen molar-refractivity contribution in [1.29, 1.82) is 0 Å². The Morgan fingerprint density at radius 3 is 2.86 bits per heavy atom. The fraction of sp³-hybridized carbons (Fsp3) is 0.438. The summed E-state index contributed by atoms with van der Waals surface area (Å²) < 4.78 is 13.5. The van der Waals surface area contributed by atoms with Gasteiger partial charge in [0, 0.05) is 30.4 Å². The van der Waals surface area contributed by atoms with Crippen LogP contribution in [0.4, 0.5) is 5.69 Å². The van der Waals surface area contributed by atoms with Crippen molar-refractivity contribution in [1.82, 2.24) is 9.55 Å². The highest BCUT2D eigenvalue weighted by atomic mass is 16.5. The second-order valence-corrected chi connectivity index (χ2v) is 5.45. The monoisotopic (exact) mass is 287 g/mol. The first-order valence-electron chi connectivity index (χ1n) is 7.38. The van der Waals surface area contributed by atoms with E-state index in [0.29, 0.717) is 19.3 Å². The van der Waals surface area contributed by atoms with Gasteiger partial charge in [-0.25, -0.2) is 4.98 Å². The first kappa shape index (κ1) is 13.8. The zero-order valence-electron chi connectivity index (χ0n) is 12.5. The molecule has 2 heterocycles. The number of ether oxygens (including phenoxy) is 2. The van der Waals surface area contributed by atoms with Gasteiger partial charge in [-0.05, 0) is 26.0 Å². The van der Waals surface area contributed by atoms with E-state index in [-0.39, 0.29) is 0 Å². The summed E-state index contributed by atoms with van der Waals surface area (Å²) in [5.41, 5.74) is 2.19. The molecule has 1 aromatic heterocycles. The highest BCUT2D eigenvalue weighted by Gasteiger charge is 2.11. The van der Waals surface area contributed by atoms with E-state index in [9.17, 15) is 0 Å². The summed E-state index contributed by atoms with van der Waals surface area (Å²) in [5, 5.41) is 3.42. The molecule has 5 heteroatoms. The summed E-state index contributed by atoms with van der Waals surface area (Å²) in [7, 11) is 0. The van der Waals surface area contributed by atoms with Crippen LogP contribution in [0.15, 0.2) is 30.7 Å². The molecule has 112 valence electrons. The van der Waals surface area contributed by atoms with Crippen LogP contribution in [0.2, 0.25) is 0 Å². The van der Waals surface area contributed by atoms with Gasteiger partial charge in [0.1, 0.15) is 0 Å². The van der Waals surface area contributed by atoms with Crippen molar-refractivity contribution in [2.75, 3.05) is 18.5 Å². The molecule has 1 N–H and O–H groups in total. The normalized spacial score (nSPS) is 14.0. The molecule has 21 heavy (non-hydrogen) atoms. The molecule has 0 saturated carbocycles. The number of nitrogens with zero attached hydrogens (tertiary/aromatic N) is 2. The van der Waals surface area contributed by atoms with Crippen molar-refractivity contribution in [3.63, 3.8) is 0 Å². The summed E-state index contributed by atoms with van der Waals surface area (Å²) in [5.74, 6) is 1.64. The van der Waals surface area contributed by atoms with Crippen molar-refractivity contribution < 1.29 is 9.47 Å². The minimum absolute atomic E-state index is 0.410. The summed E-state index contributed by atoms with van der Waals surface area (Å²) in [6.07, 6.45) is 4.69. The Balaban J connectivity index is 1.70. The quantitative estimate of drug-likeness (QED) is 0.938. The number of benzene rings is 1. The standard InChI is InChI=1S/C16H21N3O2/c1-12(2)19-11-17-9-14(19)10-18-13-4-5-15-16(8-13)21-7-3-6-20-15/h4-5,8-9,11-12,18H,3,6-7,10H2,1-2H3. The van der Waals surface area contributed by atoms with Crippen LogP contribution in [0.5, 0.6) is 11.5 Å². The summed E-state index contributed by atoms with van der Waals surface area (Å²) in [6.45, 7) is 6.46. The number of imidazole rings is 1. The third-order valence-electron chi connectivity index (χ3n) is 3.52. The van der Waals surface area contributed by atoms with Crippen LogP contribution in [-0.4, -0.2) is 22.8 Å². The fourth-order valence-corrected chi connectivity index (χ4v) is 2.40. The van der Waals surface area contributed by atoms with Gasteiger partial charge in [0.15, 0.2) is 11.5 Å². The van der Waals surface area contributed by atoms with Crippen LogP contribution in [0.25, 0.3) is 0 Å². The average Bonchev–Trinajstić information content (AvgIpc) is 2.83. The molecule has 0 amide bonds. The van der Waals surface area contributed by atoms with Crippen molar-refractivity contribution in [3.05, 3.63) is 36.4 Å². The number of hydrogen-bond donors (Lipinski definition) is 1. The van der Waals surface area contributed by atoms with Gasteiger partial charge in [-0.3, -0.25) is 0 Å². The lowest BCUT2D eigenvalue weighted by Crippen LogP contribution is -2.08. The topological polar surface area (TPSA) is 48.3 Å². The molecule has 1 aliphatic rings. The first-order valence-corrected chi connectivity index (χ1v) is 7.38. The Bertz CT molecular complexity index is 607. The van der Waals surface area contributed by atoms with Crippen molar-refractivity contribution in [2.45, 2.75) is 32.9 Å². The first-order chi connectivity index (χ1) is 10.2. The van der Waals surface area contributed by atoms with Crippen LogP contribution in [0.3, 0.4) is 0 Å². The smallest absolute Gasteiger partial charge is 0.163 e. The Kier molecular flexibility index (Phi) is 3.99. The third-order valence-corrected chi connectivity index (χ3v) is 3.52. The number of fused-ring (bicyclic) bond motifs is 1. The molecule has 0 radical (unpaired) electrons. The molecule has 3 rings (SSSR count). The van der Waals surface area contributed by atoms with Crippen LogP contribution in [0.1, 0.15) is 32.0 Å². The Morgan fingerprint density at radius 2 is 2.05 bits per heavy atom. The van der Waals surface area contributed by atoms with E-state index >= 15 is 0 Å². The van der Waals surface area contributed by atoms with E-state index < -0.39 is 0 Å². The molecule has 0 saturated heterocycles. The van der Waals surface area contributed by atoms with Gasteiger partial charge in [-0.15, -0.1) is 0 Å². The lowest BCUT2D eigenvalue weighted by molar-refractivity contribution is 0.297. The molecule has 1 aromatic carbocycles. The van der Waals surface area contributed by atoms with E-state index in [1.54, 1.807) is 0 Å². The number of anilines is 1. The molecule has 0 bridgehead atoms. The molecule has 0 aliphatic carbocycles. The van der Waals surface area contributed by atoms with E-state index in [4.69, 9.17) is 9.47 Å². The lowest BCUT2D eigenvalue weighted by Gasteiger charge is -2.14. The van der Waals surface area contributed by atoms with E-state index in [0.717, 1.165) is 35.8 Å². The maximum absolute atomic E-state index is 5.71. The van der Waals surface area contributed by atoms with Gasteiger partial charge in [0.25, 0.3) is 0 Å². The van der Waals surface area contributed by atoms with Crippen LogP contribution >= 0.6 is 0 Å². The van der Waals surface area contributed by atoms with E-state index in [1.165, 1.54) is 0 Å². The predicted molar refractivity (Wildman–Crippen MR) is 82.0 cm³/mol. The number of nitrogens with one attached hydrogen (secondary N) is 1. The van der Waals surface area contributed by atoms with Gasteiger partial charge in [-0.1, -0.05) is 0 Å². The van der Waals surface area contributed by atoms with Crippen LogP contribution < -0.4 is 14.8 Å². The van der Waals surface area contributed by atoms with Gasteiger partial charge >= 0.3 is 0 Å². The number of aromatic nitrogens is 2. The van der Waals surface area contributed by atoms with Gasteiger partial charge in [0.2, 0.25) is 0 Å². The van der Waals surface area contributed by atoms with Crippen molar-refractivity contribution in [2.24, 2.45) is 0 Å². The van der Waals surface area contributed by atoms with Crippen LogP contribution in [-0.2, 0) is 6.54 Å². The minimum atomic E-state index is 0.410. The minimum Gasteiger partial charge on any atom is -0.490 e. The molecule has 2 aromatic rings. The molecule has 5 nitrogen and oxygen atoms in total. The summed E-state index contributed by atoms with van der Waals surface area (Å²) >= 11 is 0. The number of rotatable bonds is 4. The highest BCUT2D eigenvalue weighted by Crippen LogP contribution is 2.32. The van der Waals surface area contributed by atoms with E-state index in [1.807, 2.05) is 30.7 Å². The largest absolute Gasteiger partial charge is 0.490 e. The van der Waals surface area contributed by atoms with Crippen molar-refractivity contribution in [3.8, 4) is 11.5 Å². The maximum atomic E-state index is 5.71. The molecule has 1 aliphatic heterocycles. The fourth-order valence-electron chi connectivity index (χ4n) is 2.40. The second kappa shape index (κ2) is 6.08. The SMILES string of the molecule is CC(C)n1cncc1CNc1ccc2c(c1)OCCCO2. The maximum Gasteiger partial charge on any atom is 0.163 e. The molecule has 0 unspecified atom stereocenters.